The number of hydrogen-bond donors (Lipinski definition) is 0. The van der Waals surface area contributed by atoms with Gasteiger partial charge in [0.2, 0.25) is 5.95 Å². The van der Waals surface area contributed by atoms with E-state index in [1.165, 1.54) is 5.56 Å². The molecule has 120 valence electrons. The average Bonchev–Trinajstić information content (AvgIpc) is 2.97. The number of aromatic nitrogens is 4. The second-order valence-electron chi connectivity index (χ2n) is 5.77. The Morgan fingerprint density at radius 1 is 1.04 bits per heavy atom. The largest absolute Gasteiger partial charge is 0.339 e. The highest BCUT2D eigenvalue weighted by Gasteiger charge is 2.15. The van der Waals surface area contributed by atoms with Crippen molar-refractivity contribution in [3.63, 3.8) is 0 Å². The van der Waals surface area contributed by atoms with Crippen LogP contribution in [-0.4, -0.2) is 26.6 Å². The summed E-state index contributed by atoms with van der Waals surface area (Å²) in [5.41, 5.74) is 2.96. The van der Waals surface area contributed by atoms with Crippen LogP contribution in [0.2, 0.25) is 0 Å². The van der Waals surface area contributed by atoms with Crippen molar-refractivity contribution in [1.82, 2.24) is 19.6 Å². The van der Waals surface area contributed by atoms with Crippen molar-refractivity contribution in [3.8, 4) is 0 Å². The molecule has 0 saturated carbocycles. The van der Waals surface area contributed by atoms with Crippen molar-refractivity contribution in [1.29, 1.82) is 0 Å². The molecule has 6 heteroatoms. The van der Waals surface area contributed by atoms with Crippen LogP contribution in [0.15, 0.2) is 53.0 Å². The molecule has 2 heterocycles. The summed E-state index contributed by atoms with van der Waals surface area (Å²) in [7, 11) is 2.02. The fourth-order valence-corrected chi connectivity index (χ4v) is 3.25. The van der Waals surface area contributed by atoms with Gasteiger partial charge in [0.25, 0.3) is 0 Å². The third-order valence-electron chi connectivity index (χ3n) is 3.97. The van der Waals surface area contributed by atoms with Crippen LogP contribution in [-0.2, 0) is 6.54 Å². The van der Waals surface area contributed by atoms with E-state index in [-0.39, 0.29) is 0 Å². The van der Waals surface area contributed by atoms with Crippen LogP contribution in [0.5, 0.6) is 0 Å². The first-order valence-electron chi connectivity index (χ1n) is 7.70. The molecule has 0 spiro atoms. The number of rotatable bonds is 3. The Balaban J connectivity index is 1.86. The number of hydrogen-bond acceptors (Lipinski definition) is 4. The zero-order valence-electron chi connectivity index (χ0n) is 13.4. The second-order valence-corrected chi connectivity index (χ2v) is 6.63. The first kappa shape index (κ1) is 15.1. The Kier molecular flexibility index (Phi) is 3.69. The number of aryl methyl sites for hydroxylation is 1. The van der Waals surface area contributed by atoms with Crippen LogP contribution < -0.4 is 4.90 Å². The topological polar surface area (TPSA) is 46.3 Å². The molecule has 0 bridgehead atoms. The summed E-state index contributed by atoms with van der Waals surface area (Å²) >= 11 is 3.61. The Hall–Kier alpha value is -2.47. The molecule has 24 heavy (non-hydrogen) atoms. The van der Waals surface area contributed by atoms with Crippen LogP contribution in [0.25, 0.3) is 16.6 Å². The number of benzene rings is 2. The second kappa shape index (κ2) is 5.87. The van der Waals surface area contributed by atoms with Gasteiger partial charge in [-0.25, -0.2) is 9.97 Å². The minimum absolute atomic E-state index is 0.723. The molecule has 0 aliphatic carbocycles. The van der Waals surface area contributed by atoms with Crippen molar-refractivity contribution in [2.75, 3.05) is 11.9 Å². The van der Waals surface area contributed by atoms with Gasteiger partial charge >= 0.3 is 0 Å². The molecular weight excluding hydrogens is 366 g/mol. The lowest BCUT2D eigenvalue weighted by Crippen LogP contribution is -2.21. The number of para-hydroxylation sites is 1. The fraction of sp³-hybridized carbons (Fsp3) is 0.167. The number of halogens is 1. The van der Waals surface area contributed by atoms with Crippen LogP contribution in [0.4, 0.5) is 5.95 Å². The summed E-state index contributed by atoms with van der Waals surface area (Å²) in [6.07, 6.45) is 0. The normalized spacial score (nSPS) is 11.3. The molecule has 0 aliphatic heterocycles. The maximum atomic E-state index is 4.81. The van der Waals surface area contributed by atoms with Crippen LogP contribution >= 0.6 is 15.9 Å². The SMILES string of the molecule is Cc1nc2c3ccccc3nc(N(C)Cc3ccccc3Br)n2n1. The van der Waals surface area contributed by atoms with Crippen LogP contribution in [0.1, 0.15) is 11.4 Å². The lowest BCUT2D eigenvalue weighted by atomic mass is 10.2. The van der Waals surface area contributed by atoms with E-state index in [1.54, 1.807) is 0 Å². The van der Waals surface area contributed by atoms with Crippen LogP contribution in [0.3, 0.4) is 0 Å². The predicted octanol–water partition coefficient (Wildman–Crippen LogP) is 3.98. The molecule has 0 atom stereocenters. The van der Waals surface area contributed by atoms with Gasteiger partial charge in [-0.2, -0.15) is 4.52 Å². The molecule has 0 N–H and O–H groups in total. The number of nitrogens with zero attached hydrogens (tertiary/aromatic N) is 5. The minimum atomic E-state index is 0.723. The summed E-state index contributed by atoms with van der Waals surface area (Å²) in [4.78, 5) is 11.5. The minimum Gasteiger partial charge on any atom is -0.339 e. The van der Waals surface area contributed by atoms with Crippen molar-refractivity contribution in [2.24, 2.45) is 0 Å². The van der Waals surface area contributed by atoms with E-state index in [4.69, 9.17) is 4.98 Å². The molecule has 4 aromatic rings. The third kappa shape index (κ3) is 2.53. The monoisotopic (exact) mass is 381 g/mol. The number of anilines is 1. The van der Waals surface area contributed by atoms with Crippen LogP contribution in [0, 0.1) is 6.92 Å². The van der Waals surface area contributed by atoms with Crippen molar-refractivity contribution >= 4 is 38.4 Å². The predicted molar refractivity (Wildman–Crippen MR) is 99.3 cm³/mol. The Morgan fingerprint density at radius 2 is 1.79 bits per heavy atom. The molecule has 0 fully saturated rings. The highest BCUT2D eigenvalue weighted by molar-refractivity contribution is 9.10. The van der Waals surface area contributed by atoms with Gasteiger partial charge in [0.1, 0.15) is 5.82 Å². The molecule has 0 amide bonds. The van der Waals surface area contributed by atoms with Gasteiger partial charge in [0.05, 0.1) is 5.52 Å². The molecule has 0 radical (unpaired) electrons. The summed E-state index contributed by atoms with van der Waals surface area (Å²) in [5, 5.41) is 5.55. The quantitative estimate of drug-likeness (QED) is 0.538. The van der Waals surface area contributed by atoms with E-state index in [1.807, 2.05) is 61.0 Å². The Labute approximate surface area is 148 Å². The smallest absolute Gasteiger partial charge is 0.229 e. The Bertz CT molecular complexity index is 1040. The number of fused-ring (bicyclic) bond motifs is 3. The van der Waals surface area contributed by atoms with Gasteiger partial charge in [-0.3, -0.25) is 0 Å². The standard InChI is InChI=1S/C18H16BrN5/c1-12-20-17-14-8-4-6-10-16(14)21-18(24(17)22-12)23(2)11-13-7-3-5-9-15(13)19/h3-10H,11H2,1-2H3. The molecule has 2 aromatic carbocycles. The molecular formula is C18H16BrN5. The van der Waals surface area contributed by atoms with Gasteiger partial charge in [-0.05, 0) is 30.7 Å². The zero-order chi connectivity index (χ0) is 16.7. The van der Waals surface area contributed by atoms with E-state index >= 15 is 0 Å². The van der Waals surface area contributed by atoms with Crippen molar-refractivity contribution in [2.45, 2.75) is 13.5 Å². The van der Waals surface area contributed by atoms with E-state index in [0.717, 1.165) is 39.3 Å². The Morgan fingerprint density at radius 3 is 2.62 bits per heavy atom. The summed E-state index contributed by atoms with van der Waals surface area (Å²) in [5.74, 6) is 1.52. The van der Waals surface area contributed by atoms with Gasteiger partial charge in [-0.1, -0.05) is 46.3 Å². The lowest BCUT2D eigenvalue weighted by molar-refractivity contribution is 0.807. The summed E-state index contributed by atoms with van der Waals surface area (Å²) < 4.78 is 2.91. The molecule has 2 aromatic heterocycles. The van der Waals surface area contributed by atoms with Crippen molar-refractivity contribution in [3.05, 3.63) is 64.4 Å². The molecule has 0 aliphatic rings. The molecule has 4 rings (SSSR count). The van der Waals surface area contributed by atoms with Crippen molar-refractivity contribution < 1.29 is 0 Å². The van der Waals surface area contributed by atoms with E-state index in [9.17, 15) is 0 Å². The third-order valence-corrected chi connectivity index (χ3v) is 4.75. The maximum absolute atomic E-state index is 4.81. The van der Waals surface area contributed by atoms with E-state index in [0.29, 0.717) is 0 Å². The van der Waals surface area contributed by atoms with Gasteiger partial charge in [0, 0.05) is 23.5 Å². The van der Waals surface area contributed by atoms with Gasteiger partial charge in [0.15, 0.2) is 5.65 Å². The molecule has 5 nitrogen and oxygen atoms in total. The lowest BCUT2D eigenvalue weighted by Gasteiger charge is -2.20. The van der Waals surface area contributed by atoms with E-state index in [2.05, 4.69) is 37.0 Å². The van der Waals surface area contributed by atoms with Gasteiger partial charge in [-0.15, -0.1) is 5.10 Å². The zero-order valence-corrected chi connectivity index (χ0v) is 15.0. The maximum Gasteiger partial charge on any atom is 0.229 e. The van der Waals surface area contributed by atoms with Gasteiger partial charge < -0.3 is 4.90 Å². The summed E-state index contributed by atoms with van der Waals surface area (Å²) in [6.45, 7) is 2.63. The summed E-state index contributed by atoms with van der Waals surface area (Å²) in [6, 6.07) is 16.2. The van der Waals surface area contributed by atoms with E-state index < -0.39 is 0 Å². The molecule has 0 unspecified atom stereocenters. The average molecular weight is 382 g/mol. The molecule has 0 saturated heterocycles. The highest BCUT2D eigenvalue weighted by atomic mass is 79.9. The fourth-order valence-electron chi connectivity index (χ4n) is 2.84. The first-order valence-corrected chi connectivity index (χ1v) is 8.49. The highest BCUT2D eigenvalue weighted by Crippen LogP contribution is 2.24. The first-order chi connectivity index (χ1) is 11.6.